The molecular formula is C23H30N2O4. The van der Waals surface area contributed by atoms with E-state index in [-0.39, 0.29) is 6.61 Å². The number of hydrogen-bond donors (Lipinski definition) is 1. The van der Waals surface area contributed by atoms with Crippen LogP contribution in [0.1, 0.15) is 24.5 Å². The third-order valence-electron chi connectivity index (χ3n) is 5.67. The van der Waals surface area contributed by atoms with E-state index in [0.717, 1.165) is 62.0 Å². The Labute approximate surface area is 172 Å². The fraction of sp³-hybridized carbons (Fsp3) is 0.478. The molecule has 1 fully saturated rings. The van der Waals surface area contributed by atoms with E-state index < -0.39 is 0 Å². The molecule has 156 valence electrons. The van der Waals surface area contributed by atoms with Crippen LogP contribution in [0.5, 0.6) is 17.2 Å². The Morgan fingerprint density at radius 1 is 1.03 bits per heavy atom. The first-order valence-electron chi connectivity index (χ1n) is 10.4. The summed E-state index contributed by atoms with van der Waals surface area (Å²) >= 11 is 0. The summed E-state index contributed by atoms with van der Waals surface area (Å²) in [6, 6.07) is 14.6. The predicted octanol–water partition coefficient (Wildman–Crippen LogP) is 2.88. The van der Waals surface area contributed by atoms with Crippen LogP contribution in [0.3, 0.4) is 0 Å². The lowest BCUT2D eigenvalue weighted by atomic mass is 10.1. The number of piperazine rings is 1. The molecule has 2 aromatic rings. The van der Waals surface area contributed by atoms with Crippen molar-refractivity contribution < 1.29 is 19.3 Å². The van der Waals surface area contributed by atoms with Gasteiger partial charge in [0.25, 0.3) is 0 Å². The highest BCUT2D eigenvalue weighted by molar-refractivity contribution is 5.48. The maximum atomic E-state index is 9.64. The summed E-state index contributed by atoms with van der Waals surface area (Å²) in [6.45, 7) is 7.69. The zero-order valence-corrected chi connectivity index (χ0v) is 17.0. The van der Waals surface area contributed by atoms with Crippen LogP contribution < -0.4 is 14.2 Å². The lowest BCUT2D eigenvalue weighted by Gasteiger charge is -2.41. The Kier molecular flexibility index (Phi) is 6.54. The monoisotopic (exact) mass is 398 g/mol. The second-order valence-corrected chi connectivity index (χ2v) is 7.56. The van der Waals surface area contributed by atoms with Crippen LogP contribution >= 0.6 is 0 Å². The van der Waals surface area contributed by atoms with Gasteiger partial charge in [0.1, 0.15) is 5.75 Å². The van der Waals surface area contributed by atoms with Crippen molar-refractivity contribution in [2.24, 2.45) is 0 Å². The zero-order valence-electron chi connectivity index (χ0n) is 17.0. The maximum absolute atomic E-state index is 9.64. The van der Waals surface area contributed by atoms with Crippen molar-refractivity contribution in [3.05, 3.63) is 53.6 Å². The highest BCUT2D eigenvalue weighted by Crippen LogP contribution is 2.36. The second-order valence-electron chi connectivity index (χ2n) is 7.56. The molecule has 0 aliphatic carbocycles. The smallest absolute Gasteiger partial charge is 0.231 e. The highest BCUT2D eigenvalue weighted by Gasteiger charge is 2.28. The summed E-state index contributed by atoms with van der Waals surface area (Å²) in [5.41, 5.74) is 2.37. The molecular weight excluding hydrogens is 368 g/mol. The number of para-hydroxylation sites is 2. The van der Waals surface area contributed by atoms with Crippen molar-refractivity contribution in [1.29, 1.82) is 0 Å². The Morgan fingerprint density at radius 3 is 2.76 bits per heavy atom. The molecule has 6 nitrogen and oxygen atoms in total. The van der Waals surface area contributed by atoms with Gasteiger partial charge in [-0.1, -0.05) is 30.3 Å². The molecule has 2 aliphatic heterocycles. The van der Waals surface area contributed by atoms with Crippen molar-refractivity contribution in [2.75, 3.05) is 39.6 Å². The molecule has 1 saturated heterocycles. The van der Waals surface area contributed by atoms with E-state index in [1.54, 1.807) is 0 Å². The molecule has 0 bridgehead atoms. The normalized spacial score (nSPS) is 19.4. The van der Waals surface area contributed by atoms with Gasteiger partial charge in [0.05, 0.1) is 6.61 Å². The van der Waals surface area contributed by atoms with Crippen LogP contribution in [0.15, 0.2) is 42.5 Å². The van der Waals surface area contributed by atoms with Gasteiger partial charge in [0.15, 0.2) is 11.5 Å². The molecule has 4 rings (SSSR count). The van der Waals surface area contributed by atoms with Crippen molar-refractivity contribution in [2.45, 2.75) is 32.5 Å². The maximum Gasteiger partial charge on any atom is 0.231 e. The largest absolute Gasteiger partial charge is 0.494 e. The first kappa shape index (κ1) is 20.0. The number of fused-ring (bicyclic) bond motifs is 1. The molecule has 0 aromatic heterocycles. The Balaban J connectivity index is 1.43. The van der Waals surface area contributed by atoms with Gasteiger partial charge in [-0.3, -0.25) is 9.80 Å². The molecule has 6 heteroatoms. The van der Waals surface area contributed by atoms with Crippen molar-refractivity contribution in [3.63, 3.8) is 0 Å². The number of aliphatic hydroxyl groups excluding tert-OH is 1. The summed E-state index contributed by atoms with van der Waals surface area (Å²) in [7, 11) is 0. The zero-order chi connectivity index (χ0) is 20.1. The van der Waals surface area contributed by atoms with E-state index in [0.29, 0.717) is 19.4 Å². The minimum Gasteiger partial charge on any atom is -0.494 e. The number of rotatable bonds is 8. The topological polar surface area (TPSA) is 54.4 Å². The summed E-state index contributed by atoms with van der Waals surface area (Å²) in [4.78, 5) is 4.92. The van der Waals surface area contributed by atoms with Crippen molar-refractivity contribution in [3.8, 4) is 17.2 Å². The van der Waals surface area contributed by atoms with Crippen LogP contribution in [0.2, 0.25) is 0 Å². The van der Waals surface area contributed by atoms with Crippen LogP contribution in [0.4, 0.5) is 0 Å². The third kappa shape index (κ3) is 4.66. The lowest BCUT2D eigenvalue weighted by molar-refractivity contribution is 0.0489. The van der Waals surface area contributed by atoms with Crippen molar-refractivity contribution >= 4 is 0 Å². The van der Waals surface area contributed by atoms with E-state index >= 15 is 0 Å². The average Bonchev–Trinajstić information content (AvgIpc) is 3.22. The average molecular weight is 399 g/mol. The van der Waals surface area contributed by atoms with E-state index in [4.69, 9.17) is 14.2 Å². The predicted molar refractivity (Wildman–Crippen MR) is 111 cm³/mol. The van der Waals surface area contributed by atoms with Crippen molar-refractivity contribution in [1.82, 2.24) is 9.80 Å². The van der Waals surface area contributed by atoms with Gasteiger partial charge < -0.3 is 19.3 Å². The minimum absolute atomic E-state index is 0.194. The fourth-order valence-corrected chi connectivity index (χ4v) is 4.24. The van der Waals surface area contributed by atoms with E-state index in [9.17, 15) is 5.11 Å². The number of aliphatic hydroxyl groups is 1. The van der Waals surface area contributed by atoms with Gasteiger partial charge in [-0.15, -0.1) is 0 Å². The van der Waals surface area contributed by atoms with Gasteiger partial charge in [0, 0.05) is 56.5 Å². The summed E-state index contributed by atoms with van der Waals surface area (Å²) < 4.78 is 17.0. The molecule has 0 saturated carbocycles. The first-order chi connectivity index (χ1) is 14.3. The van der Waals surface area contributed by atoms with Gasteiger partial charge in [-0.05, 0) is 25.5 Å². The molecule has 2 aromatic carbocycles. The minimum atomic E-state index is 0.194. The standard InChI is InChI=1S/C23H30N2O4/c1-2-27-21-8-4-3-6-18(21)15-25-12-11-24(16-20(25)10-13-26)14-19-7-5-9-22-23(19)29-17-28-22/h3-9,20,26H,2,10-17H2,1H3/t20-/m0/s1. The van der Waals surface area contributed by atoms with E-state index in [1.807, 2.05) is 31.2 Å². The molecule has 0 amide bonds. The van der Waals surface area contributed by atoms with Crippen LogP contribution in [0, 0.1) is 0 Å². The lowest BCUT2D eigenvalue weighted by Crippen LogP contribution is -2.52. The number of nitrogens with zero attached hydrogens (tertiary/aromatic N) is 2. The van der Waals surface area contributed by atoms with E-state index in [1.165, 1.54) is 5.56 Å². The first-order valence-corrected chi connectivity index (χ1v) is 10.4. The van der Waals surface area contributed by atoms with Crippen LogP contribution in [-0.2, 0) is 13.1 Å². The molecule has 0 unspecified atom stereocenters. The number of hydrogen-bond acceptors (Lipinski definition) is 6. The third-order valence-corrected chi connectivity index (χ3v) is 5.67. The molecule has 1 N–H and O–H groups in total. The van der Waals surface area contributed by atoms with Gasteiger partial charge in [-0.25, -0.2) is 0 Å². The summed E-state index contributed by atoms with van der Waals surface area (Å²) in [5, 5.41) is 9.64. The highest BCUT2D eigenvalue weighted by atomic mass is 16.7. The molecule has 29 heavy (non-hydrogen) atoms. The number of benzene rings is 2. The van der Waals surface area contributed by atoms with Gasteiger partial charge in [-0.2, -0.15) is 0 Å². The molecule has 2 heterocycles. The SMILES string of the molecule is CCOc1ccccc1CN1CCN(Cc2cccc3c2OCO3)C[C@@H]1CCO. The fourth-order valence-electron chi connectivity index (χ4n) is 4.24. The second kappa shape index (κ2) is 9.48. The molecule has 2 aliphatic rings. The Hall–Kier alpha value is -2.28. The van der Waals surface area contributed by atoms with Gasteiger partial charge in [0.2, 0.25) is 6.79 Å². The summed E-state index contributed by atoms with van der Waals surface area (Å²) in [5.74, 6) is 2.66. The van der Waals surface area contributed by atoms with Crippen LogP contribution in [-0.4, -0.2) is 60.6 Å². The number of ether oxygens (including phenoxy) is 3. The molecule has 0 radical (unpaired) electrons. The van der Waals surface area contributed by atoms with Crippen LogP contribution in [0.25, 0.3) is 0 Å². The van der Waals surface area contributed by atoms with Gasteiger partial charge >= 0.3 is 0 Å². The molecule has 0 spiro atoms. The quantitative estimate of drug-likeness (QED) is 0.738. The Bertz CT molecular complexity index is 813. The Morgan fingerprint density at radius 2 is 1.90 bits per heavy atom. The summed E-state index contributed by atoms with van der Waals surface area (Å²) in [6.07, 6.45) is 0.764. The van der Waals surface area contributed by atoms with E-state index in [2.05, 4.69) is 28.0 Å². The molecule has 1 atom stereocenters.